The monoisotopic (exact) mass is 258 g/mol. The Kier molecular flexibility index (Phi) is 5.93. The van der Waals surface area contributed by atoms with Crippen LogP contribution in [0.2, 0.25) is 0 Å². The zero-order chi connectivity index (χ0) is 13.7. The third-order valence-corrected chi connectivity index (χ3v) is 4.20. The Bertz CT molecular complexity index is 265. The predicted octanol–water partition coefficient (Wildman–Crippen LogP) is 3.14. The van der Waals surface area contributed by atoms with Crippen LogP contribution in [0.5, 0.6) is 0 Å². The first-order valence-electron chi connectivity index (χ1n) is 6.94. The third kappa shape index (κ3) is 4.48. The fourth-order valence-corrected chi connectivity index (χ4v) is 3.31. The molecule has 0 aliphatic heterocycles. The molecule has 0 aromatic carbocycles. The van der Waals surface area contributed by atoms with E-state index >= 15 is 0 Å². The first-order chi connectivity index (χ1) is 8.43. The number of carbonyl (C=O) groups is 1. The number of hydrogen-bond acceptors (Lipinski definition) is 3. The lowest BCUT2D eigenvalue weighted by Gasteiger charge is -2.38. The average molecular weight is 258 g/mol. The van der Waals surface area contributed by atoms with Gasteiger partial charge in [-0.15, -0.1) is 0 Å². The molecule has 0 saturated heterocycles. The van der Waals surface area contributed by atoms with Crippen LogP contribution in [-0.2, 0) is 4.74 Å². The van der Waals surface area contributed by atoms with Crippen LogP contribution in [0.1, 0.15) is 46.5 Å². The summed E-state index contributed by atoms with van der Waals surface area (Å²) in [5.74, 6) is 2.37. The Morgan fingerprint density at radius 3 is 2.56 bits per heavy atom. The van der Waals surface area contributed by atoms with Crippen molar-refractivity contribution in [3.05, 3.63) is 0 Å². The van der Waals surface area contributed by atoms with Crippen LogP contribution < -0.4 is 0 Å². The lowest BCUT2D eigenvalue weighted by atomic mass is 9.68. The molecule has 1 aliphatic carbocycles. The highest BCUT2D eigenvalue weighted by Crippen LogP contribution is 2.40. The first-order valence-corrected chi connectivity index (χ1v) is 6.94. The van der Waals surface area contributed by atoms with Crippen LogP contribution in [0, 0.1) is 23.7 Å². The Morgan fingerprint density at radius 2 is 2.06 bits per heavy atom. The zero-order valence-electron chi connectivity index (χ0n) is 11.6. The molecule has 0 aromatic rings. The lowest BCUT2D eigenvalue weighted by molar-refractivity contribution is -0.00233. The number of aliphatic hydroxyl groups excluding tert-OH is 1. The van der Waals surface area contributed by atoms with Gasteiger partial charge in [0.2, 0.25) is 0 Å². The van der Waals surface area contributed by atoms with Crippen molar-refractivity contribution in [2.45, 2.75) is 52.6 Å². The van der Waals surface area contributed by atoms with E-state index in [0.717, 1.165) is 6.42 Å². The molecule has 0 bridgehead atoms. The van der Waals surface area contributed by atoms with E-state index in [9.17, 15) is 9.90 Å². The van der Waals surface area contributed by atoms with Crippen LogP contribution in [0.3, 0.4) is 0 Å². The van der Waals surface area contributed by atoms with E-state index in [0.29, 0.717) is 30.1 Å². The third-order valence-electron chi connectivity index (χ3n) is 4.20. The maximum atomic E-state index is 10.6. The normalized spacial score (nSPS) is 30.2. The van der Waals surface area contributed by atoms with Crippen molar-refractivity contribution in [1.82, 2.24) is 0 Å². The standard InChI is InChI=1S/C14H26O4/c1-9(2)13-5-4-10(3)6-11(13)7-12(8-15)18-14(16)17/h9-13,15H,4-8H2,1-3H3,(H,16,17). The maximum absolute atomic E-state index is 10.6. The maximum Gasteiger partial charge on any atom is 0.506 e. The molecule has 0 spiro atoms. The van der Waals surface area contributed by atoms with Gasteiger partial charge in [-0.05, 0) is 42.9 Å². The Morgan fingerprint density at radius 1 is 1.39 bits per heavy atom. The van der Waals surface area contributed by atoms with Gasteiger partial charge in [-0.3, -0.25) is 0 Å². The van der Waals surface area contributed by atoms with Gasteiger partial charge in [0, 0.05) is 0 Å². The van der Waals surface area contributed by atoms with E-state index in [4.69, 9.17) is 9.84 Å². The molecule has 2 N–H and O–H groups in total. The average Bonchev–Trinajstić information content (AvgIpc) is 2.27. The van der Waals surface area contributed by atoms with Gasteiger partial charge in [0.05, 0.1) is 6.61 Å². The molecule has 1 fully saturated rings. The van der Waals surface area contributed by atoms with Gasteiger partial charge in [-0.1, -0.05) is 27.2 Å². The smallest absolute Gasteiger partial charge is 0.450 e. The molecule has 0 amide bonds. The first kappa shape index (κ1) is 15.3. The minimum absolute atomic E-state index is 0.220. The van der Waals surface area contributed by atoms with Crippen LogP contribution in [0.15, 0.2) is 0 Å². The fraction of sp³-hybridized carbons (Fsp3) is 0.929. The van der Waals surface area contributed by atoms with Crippen molar-refractivity contribution in [2.24, 2.45) is 23.7 Å². The quantitative estimate of drug-likeness (QED) is 0.743. The molecule has 1 rings (SSSR count). The van der Waals surface area contributed by atoms with E-state index in [1.54, 1.807) is 0 Å². The molecule has 1 saturated carbocycles. The van der Waals surface area contributed by atoms with Crippen molar-refractivity contribution in [3.8, 4) is 0 Å². The van der Waals surface area contributed by atoms with Crippen LogP contribution in [-0.4, -0.2) is 29.1 Å². The summed E-state index contributed by atoms with van der Waals surface area (Å²) in [7, 11) is 0. The number of ether oxygens (including phenoxy) is 1. The Balaban J connectivity index is 2.61. The van der Waals surface area contributed by atoms with Crippen molar-refractivity contribution >= 4 is 6.16 Å². The fourth-order valence-electron chi connectivity index (χ4n) is 3.31. The number of rotatable bonds is 5. The molecule has 4 unspecified atom stereocenters. The van der Waals surface area contributed by atoms with Crippen molar-refractivity contribution in [2.75, 3.05) is 6.61 Å². The van der Waals surface area contributed by atoms with E-state index in [1.165, 1.54) is 12.8 Å². The molecule has 0 radical (unpaired) electrons. The van der Waals surface area contributed by atoms with Crippen molar-refractivity contribution in [1.29, 1.82) is 0 Å². The van der Waals surface area contributed by atoms with Gasteiger partial charge in [-0.25, -0.2) is 4.79 Å². The summed E-state index contributed by atoms with van der Waals surface area (Å²) in [6.07, 6.45) is 2.36. The Labute approximate surface area is 109 Å². The predicted molar refractivity (Wildman–Crippen MR) is 69.4 cm³/mol. The van der Waals surface area contributed by atoms with Crippen molar-refractivity contribution in [3.63, 3.8) is 0 Å². The lowest BCUT2D eigenvalue weighted by Crippen LogP contribution is -2.33. The summed E-state index contributed by atoms with van der Waals surface area (Å²) in [6, 6.07) is 0. The van der Waals surface area contributed by atoms with Gasteiger partial charge in [0.1, 0.15) is 6.10 Å². The molecule has 4 heteroatoms. The molecular formula is C14H26O4. The SMILES string of the molecule is CC1CCC(C(C)C)C(CC(CO)OC(=O)O)C1. The second kappa shape index (κ2) is 6.98. The van der Waals surface area contributed by atoms with Crippen LogP contribution >= 0.6 is 0 Å². The van der Waals surface area contributed by atoms with Crippen LogP contribution in [0.25, 0.3) is 0 Å². The molecule has 0 aromatic heterocycles. The number of carboxylic acid groups (broad SMARTS) is 1. The Hall–Kier alpha value is -0.770. The highest BCUT2D eigenvalue weighted by Gasteiger charge is 2.33. The molecular weight excluding hydrogens is 232 g/mol. The summed E-state index contributed by atoms with van der Waals surface area (Å²) in [6.45, 7) is 6.47. The molecule has 18 heavy (non-hydrogen) atoms. The van der Waals surface area contributed by atoms with Gasteiger partial charge < -0.3 is 14.9 Å². The summed E-state index contributed by atoms with van der Waals surface area (Å²) in [5, 5.41) is 17.8. The second-order valence-corrected chi connectivity index (χ2v) is 6.01. The van der Waals surface area contributed by atoms with Gasteiger partial charge >= 0.3 is 6.16 Å². The number of aliphatic hydroxyl groups is 1. The van der Waals surface area contributed by atoms with Crippen LogP contribution in [0.4, 0.5) is 4.79 Å². The zero-order valence-corrected chi connectivity index (χ0v) is 11.6. The molecule has 0 heterocycles. The topological polar surface area (TPSA) is 66.8 Å². The van der Waals surface area contributed by atoms with E-state index in [1.807, 2.05) is 0 Å². The second-order valence-electron chi connectivity index (χ2n) is 6.01. The molecule has 4 nitrogen and oxygen atoms in total. The summed E-state index contributed by atoms with van der Waals surface area (Å²) < 4.78 is 4.73. The molecule has 4 atom stereocenters. The van der Waals surface area contributed by atoms with Gasteiger partial charge in [-0.2, -0.15) is 0 Å². The molecule has 106 valence electrons. The van der Waals surface area contributed by atoms with E-state index < -0.39 is 12.3 Å². The minimum atomic E-state index is -1.29. The van der Waals surface area contributed by atoms with E-state index in [2.05, 4.69) is 20.8 Å². The summed E-state index contributed by atoms with van der Waals surface area (Å²) in [4.78, 5) is 10.6. The minimum Gasteiger partial charge on any atom is -0.450 e. The highest BCUT2D eigenvalue weighted by molar-refractivity contribution is 5.57. The summed E-state index contributed by atoms with van der Waals surface area (Å²) >= 11 is 0. The molecule has 1 aliphatic rings. The highest BCUT2D eigenvalue weighted by atomic mass is 16.7. The number of hydrogen-bond donors (Lipinski definition) is 2. The van der Waals surface area contributed by atoms with Crippen molar-refractivity contribution < 1.29 is 19.7 Å². The van der Waals surface area contributed by atoms with Gasteiger partial charge in [0.25, 0.3) is 0 Å². The van der Waals surface area contributed by atoms with E-state index in [-0.39, 0.29) is 6.61 Å². The largest absolute Gasteiger partial charge is 0.506 e. The van der Waals surface area contributed by atoms with Gasteiger partial charge in [0.15, 0.2) is 0 Å². The summed E-state index contributed by atoms with van der Waals surface area (Å²) in [5.41, 5.74) is 0.